The maximum atomic E-state index is 5.54. The van der Waals surface area contributed by atoms with Crippen molar-refractivity contribution < 1.29 is 4.74 Å². The monoisotopic (exact) mass is 300 g/mol. The average Bonchev–Trinajstić information content (AvgIpc) is 3.06. The van der Waals surface area contributed by atoms with E-state index in [4.69, 9.17) is 4.74 Å². The van der Waals surface area contributed by atoms with Gasteiger partial charge < -0.3 is 4.74 Å². The van der Waals surface area contributed by atoms with Crippen molar-refractivity contribution in [2.75, 3.05) is 39.9 Å². The molecule has 0 saturated carbocycles. The van der Waals surface area contributed by atoms with Crippen LogP contribution >= 0.6 is 0 Å². The maximum Gasteiger partial charge on any atom is 0.0480 e. The quantitative estimate of drug-likeness (QED) is 0.835. The van der Waals surface area contributed by atoms with Gasteiger partial charge in [-0.3, -0.25) is 9.80 Å². The third-order valence-electron chi connectivity index (χ3n) is 6.14. The molecule has 3 heterocycles. The molecule has 0 radical (unpaired) electrons. The van der Waals surface area contributed by atoms with Crippen LogP contribution in [0, 0.1) is 18.8 Å². The van der Waals surface area contributed by atoms with Crippen molar-refractivity contribution in [3.8, 4) is 0 Å². The fraction of sp³-hybridized carbons (Fsp3) is 0.684. The molecule has 0 unspecified atom stereocenters. The van der Waals surface area contributed by atoms with E-state index in [-0.39, 0.29) is 0 Å². The third-order valence-corrected chi connectivity index (χ3v) is 6.14. The number of aryl methyl sites for hydroxylation is 1. The molecule has 3 saturated heterocycles. The highest BCUT2D eigenvalue weighted by Gasteiger charge is 2.47. The summed E-state index contributed by atoms with van der Waals surface area (Å²) in [6.07, 6.45) is 2.45. The van der Waals surface area contributed by atoms with Gasteiger partial charge >= 0.3 is 0 Å². The Morgan fingerprint density at radius 2 is 1.82 bits per heavy atom. The van der Waals surface area contributed by atoms with Gasteiger partial charge in [0.1, 0.15) is 0 Å². The minimum absolute atomic E-state index is 0.607. The van der Waals surface area contributed by atoms with Crippen LogP contribution in [0.2, 0.25) is 0 Å². The molecule has 0 aromatic heterocycles. The maximum absolute atomic E-state index is 5.54. The van der Waals surface area contributed by atoms with Crippen LogP contribution in [-0.2, 0) is 4.74 Å². The number of ether oxygens (including phenoxy) is 1. The van der Waals surface area contributed by atoms with E-state index < -0.39 is 0 Å². The predicted octanol–water partition coefficient (Wildman–Crippen LogP) is 2.71. The first-order valence-electron chi connectivity index (χ1n) is 8.81. The molecular formula is C19H28N2O. The summed E-state index contributed by atoms with van der Waals surface area (Å²) >= 11 is 0. The Hall–Kier alpha value is -0.900. The van der Waals surface area contributed by atoms with Gasteiger partial charge in [-0.2, -0.15) is 0 Å². The van der Waals surface area contributed by atoms with Gasteiger partial charge in [0.2, 0.25) is 0 Å². The van der Waals surface area contributed by atoms with E-state index >= 15 is 0 Å². The van der Waals surface area contributed by atoms with Gasteiger partial charge in [-0.1, -0.05) is 24.3 Å². The van der Waals surface area contributed by atoms with Crippen LogP contribution in [0.25, 0.3) is 0 Å². The number of hydrogen-bond acceptors (Lipinski definition) is 3. The lowest BCUT2D eigenvalue weighted by Crippen LogP contribution is -2.40. The number of likely N-dealkylation sites (tertiary alicyclic amines) is 2. The number of fused-ring (bicyclic) bond motifs is 1. The van der Waals surface area contributed by atoms with Gasteiger partial charge in [0.25, 0.3) is 0 Å². The van der Waals surface area contributed by atoms with Crippen molar-refractivity contribution in [1.82, 2.24) is 9.80 Å². The van der Waals surface area contributed by atoms with Crippen LogP contribution in [0.3, 0.4) is 0 Å². The molecule has 0 amide bonds. The molecule has 22 heavy (non-hydrogen) atoms. The van der Waals surface area contributed by atoms with E-state index in [0.29, 0.717) is 6.04 Å². The van der Waals surface area contributed by atoms with E-state index in [1.807, 2.05) is 0 Å². The van der Waals surface area contributed by atoms with Crippen molar-refractivity contribution in [1.29, 1.82) is 0 Å². The van der Waals surface area contributed by atoms with Gasteiger partial charge in [-0.15, -0.1) is 0 Å². The zero-order valence-corrected chi connectivity index (χ0v) is 13.9. The second-order valence-electron chi connectivity index (χ2n) is 7.46. The summed E-state index contributed by atoms with van der Waals surface area (Å²) in [5, 5.41) is 0. The number of hydrogen-bond donors (Lipinski definition) is 0. The van der Waals surface area contributed by atoms with E-state index in [1.165, 1.54) is 38.0 Å². The van der Waals surface area contributed by atoms with Crippen molar-refractivity contribution in [3.05, 3.63) is 35.4 Å². The van der Waals surface area contributed by atoms with Gasteiger partial charge in [0.15, 0.2) is 0 Å². The Morgan fingerprint density at radius 1 is 1.05 bits per heavy atom. The van der Waals surface area contributed by atoms with Crippen LogP contribution in [0.15, 0.2) is 24.3 Å². The standard InChI is InChI=1S/C19H28N2O/c1-14-5-3-4-6-17(14)19-18-13-21(12-15(18)11-20(19)2)16-7-9-22-10-8-16/h3-6,15-16,18-19H,7-13H2,1-2H3/t15-,18+,19-/m0/s1. The smallest absolute Gasteiger partial charge is 0.0480 e. The lowest BCUT2D eigenvalue weighted by atomic mass is 9.88. The van der Waals surface area contributed by atoms with Crippen LogP contribution in [0.4, 0.5) is 0 Å². The molecule has 0 aliphatic carbocycles. The molecule has 3 aliphatic heterocycles. The van der Waals surface area contributed by atoms with Crippen LogP contribution < -0.4 is 0 Å². The van der Waals surface area contributed by atoms with Crippen molar-refractivity contribution in [2.45, 2.75) is 31.8 Å². The first kappa shape index (κ1) is 14.7. The van der Waals surface area contributed by atoms with Crippen molar-refractivity contribution >= 4 is 0 Å². The molecule has 3 atom stereocenters. The third kappa shape index (κ3) is 2.49. The second kappa shape index (κ2) is 5.95. The van der Waals surface area contributed by atoms with E-state index in [0.717, 1.165) is 31.1 Å². The zero-order valence-electron chi connectivity index (χ0n) is 13.9. The van der Waals surface area contributed by atoms with Crippen LogP contribution in [-0.4, -0.2) is 55.7 Å². The molecule has 3 nitrogen and oxygen atoms in total. The summed E-state index contributed by atoms with van der Waals surface area (Å²) in [5.74, 6) is 1.64. The molecule has 4 rings (SSSR count). The Kier molecular flexibility index (Phi) is 3.97. The van der Waals surface area contributed by atoms with E-state index in [9.17, 15) is 0 Å². The highest BCUT2D eigenvalue weighted by molar-refractivity contribution is 5.31. The molecule has 1 aromatic carbocycles. The van der Waals surface area contributed by atoms with Gasteiger partial charge in [0, 0.05) is 44.9 Å². The molecule has 3 heteroatoms. The molecule has 1 aromatic rings. The molecule has 120 valence electrons. The summed E-state index contributed by atoms with van der Waals surface area (Å²) in [6.45, 7) is 8.00. The number of benzene rings is 1. The number of nitrogens with zero attached hydrogens (tertiary/aromatic N) is 2. The normalized spacial score (nSPS) is 34.2. The highest BCUT2D eigenvalue weighted by atomic mass is 16.5. The first-order chi connectivity index (χ1) is 10.7. The zero-order chi connectivity index (χ0) is 15.1. The fourth-order valence-corrected chi connectivity index (χ4v) is 5.03. The number of rotatable bonds is 2. The average molecular weight is 300 g/mol. The molecular weight excluding hydrogens is 272 g/mol. The Balaban J connectivity index is 1.53. The van der Waals surface area contributed by atoms with Crippen LogP contribution in [0.5, 0.6) is 0 Å². The van der Waals surface area contributed by atoms with Crippen molar-refractivity contribution in [3.63, 3.8) is 0 Å². The summed E-state index contributed by atoms with van der Waals surface area (Å²) in [6, 6.07) is 10.3. The summed E-state index contributed by atoms with van der Waals surface area (Å²) in [5.41, 5.74) is 3.00. The summed E-state index contributed by atoms with van der Waals surface area (Å²) in [7, 11) is 2.31. The minimum atomic E-state index is 0.607. The van der Waals surface area contributed by atoms with Gasteiger partial charge in [-0.05, 0) is 49.8 Å². The topological polar surface area (TPSA) is 15.7 Å². The largest absolute Gasteiger partial charge is 0.381 e. The Morgan fingerprint density at radius 3 is 2.59 bits per heavy atom. The molecule has 0 bridgehead atoms. The Bertz CT molecular complexity index is 526. The van der Waals surface area contributed by atoms with Gasteiger partial charge in [0.05, 0.1) is 0 Å². The first-order valence-corrected chi connectivity index (χ1v) is 8.81. The van der Waals surface area contributed by atoms with Crippen molar-refractivity contribution in [2.24, 2.45) is 11.8 Å². The molecule has 0 spiro atoms. The predicted molar refractivity (Wildman–Crippen MR) is 88.9 cm³/mol. The summed E-state index contributed by atoms with van der Waals surface area (Å²) < 4.78 is 5.54. The minimum Gasteiger partial charge on any atom is -0.381 e. The van der Waals surface area contributed by atoms with Gasteiger partial charge in [-0.25, -0.2) is 0 Å². The lowest BCUT2D eigenvalue weighted by molar-refractivity contribution is 0.0374. The second-order valence-corrected chi connectivity index (χ2v) is 7.46. The van der Waals surface area contributed by atoms with E-state index in [2.05, 4.69) is 48.0 Å². The molecule has 3 fully saturated rings. The molecule has 3 aliphatic rings. The SMILES string of the molecule is Cc1ccccc1[C@H]1[C@@H]2CN(C3CCOCC3)C[C@@H]2CN1C. The lowest BCUT2D eigenvalue weighted by Gasteiger charge is -2.33. The van der Waals surface area contributed by atoms with E-state index in [1.54, 1.807) is 5.56 Å². The highest BCUT2D eigenvalue weighted by Crippen LogP contribution is 2.45. The van der Waals surface area contributed by atoms with Crippen LogP contribution in [0.1, 0.15) is 30.0 Å². The Labute approximate surface area is 134 Å². The fourth-order valence-electron chi connectivity index (χ4n) is 5.03. The summed E-state index contributed by atoms with van der Waals surface area (Å²) in [4.78, 5) is 5.37. The molecule has 0 N–H and O–H groups in total.